The van der Waals surface area contributed by atoms with Gasteiger partial charge in [0.2, 0.25) is 0 Å². The van der Waals surface area contributed by atoms with Gasteiger partial charge in [-0.2, -0.15) is 5.26 Å². The second-order valence-corrected chi connectivity index (χ2v) is 4.23. The number of thiophene rings is 1. The SMILES string of the molecule is N#CCCNCc1cc(Br)cs1. The zero-order valence-electron chi connectivity index (χ0n) is 6.51. The number of hydrogen-bond donors (Lipinski definition) is 1. The molecule has 1 N–H and O–H groups in total. The van der Waals surface area contributed by atoms with Crippen LogP contribution in [0.25, 0.3) is 0 Å². The molecule has 1 aromatic rings. The predicted molar refractivity (Wildman–Crippen MR) is 54.0 cm³/mol. The Hall–Kier alpha value is -0.370. The molecule has 0 aliphatic rings. The fraction of sp³-hybridized carbons (Fsp3) is 0.375. The Kier molecular flexibility index (Phi) is 4.30. The van der Waals surface area contributed by atoms with Gasteiger partial charge < -0.3 is 5.32 Å². The van der Waals surface area contributed by atoms with E-state index in [1.165, 1.54) is 4.88 Å². The van der Waals surface area contributed by atoms with Crippen molar-refractivity contribution in [2.24, 2.45) is 0 Å². The Morgan fingerprint density at radius 2 is 2.50 bits per heavy atom. The smallest absolute Gasteiger partial charge is 0.0635 e. The van der Waals surface area contributed by atoms with E-state index in [4.69, 9.17) is 5.26 Å². The van der Waals surface area contributed by atoms with Crippen molar-refractivity contribution in [3.63, 3.8) is 0 Å². The first-order chi connectivity index (χ1) is 5.83. The highest BCUT2D eigenvalue weighted by Gasteiger charge is 1.95. The largest absolute Gasteiger partial charge is 0.311 e. The first-order valence-corrected chi connectivity index (χ1v) is 5.31. The van der Waals surface area contributed by atoms with Crippen LogP contribution in [-0.4, -0.2) is 6.54 Å². The molecule has 64 valence electrons. The van der Waals surface area contributed by atoms with Crippen LogP contribution in [0.1, 0.15) is 11.3 Å². The van der Waals surface area contributed by atoms with Crippen molar-refractivity contribution in [3.8, 4) is 6.07 Å². The summed E-state index contributed by atoms with van der Waals surface area (Å²) in [5.74, 6) is 0. The first kappa shape index (κ1) is 9.72. The minimum absolute atomic E-state index is 0.576. The van der Waals surface area contributed by atoms with Crippen LogP contribution in [0.4, 0.5) is 0 Å². The molecule has 0 aliphatic heterocycles. The Morgan fingerprint density at radius 1 is 1.67 bits per heavy atom. The molecule has 0 saturated carbocycles. The van der Waals surface area contributed by atoms with Crippen molar-refractivity contribution in [1.29, 1.82) is 5.26 Å². The average Bonchev–Trinajstić information content (AvgIpc) is 2.45. The molecule has 0 spiro atoms. The minimum Gasteiger partial charge on any atom is -0.311 e. The summed E-state index contributed by atoms with van der Waals surface area (Å²) >= 11 is 5.10. The Labute approximate surface area is 84.3 Å². The summed E-state index contributed by atoms with van der Waals surface area (Å²) in [6.07, 6.45) is 0.576. The molecule has 2 nitrogen and oxygen atoms in total. The molecule has 0 bridgehead atoms. The number of nitriles is 1. The maximum Gasteiger partial charge on any atom is 0.0635 e. The fourth-order valence-electron chi connectivity index (χ4n) is 0.802. The van der Waals surface area contributed by atoms with E-state index in [1.807, 2.05) is 0 Å². The molecule has 1 rings (SSSR count). The number of halogens is 1. The number of hydrogen-bond acceptors (Lipinski definition) is 3. The number of nitrogens with one attached hydrogen (secondary N) is 1. The molecule has 1 aromatic heterocycles. The lowest BCUT2D eigenvalue weighted by Crippen LogP contribution is -2.12. The summed E-state index contributed by atoms with van der Waals surface area (Å²) in [6.45, 7) is 1.63. The van der Waals surface area contributed by atoms with Gasteiger partial charge in [-0.1, -0.05) is 0 Å². The van der Waals surface area contributed by atoms with Crippen LogP contribution in [0.3, 0.4) is 0 Å². The van der Waals surface area contributed by atoms with E-state index in [-0.39, 0.29) is 0 Å². The van der Waals surface area contributed by atoms with E-state index in [1.54, 1.807) is 11.3 Å². The van der Waals surface area contributed by atoms with Gasteiger partial charge in [0, 0.05) is 34.2 Å². The standard InChI is InChI=1S/C8H9BrN2S/c9-7-4-8(12-6-7)5-11-3-1-2-10/h4,6,11H,1,3,5H2. The van der Waals surface area contributed by atoms with E-state index < -0.39 is 0 Å². The predicted octanol–water partition coefficient (Wildman–Crippen LogP) is 2.51. The lowest BCUT2D eigenvalue weighted by atomic mass is 10.4. The van der Waals surface area contributed by atoms with Crippen LogP contribution < -0.4 is 5.32 Å². The van der Waals surface area contributed by atoms with Crippen LogP contribution in [0, 0.1) is 11.3 Å². The molecular formula is C8H9BrN2S. The second kappa shape index (κ2) is 5.31. The molecular weight excluding hydrogens is 236 g/mol. The lowest BCUT2D eigenvalue weighted by molar-refractivity contribution is 0.706. The monoisotopic (exact) mass is 244 g/mol. The van der Waals surface area contributed by atoms with Crippen molar-refractivity contribution in [3.05, 3.63) is 20.8 Å². The van der Waals surface area contributed by atoms with E-state index in [9.17, 15) is 0 Å². The van der Waals surface area contributed by atoms with Crippen LogP contribution in [0.5, 0.6) is 0 Å². The maximum atomic E-state index is 8.27. The minimum atomic E-state index is 0.576. The van der Waals surface area contributed by atoms with Crippen molar-refractivity contribution in [2.45, 2.75) is 13.0 Å². The quantitative estimate of drug-likeness (QED) is 0.827. The van der Waals surface area contributed by atoms with E-state index >= 15 is 0 Å². The Morgan fingerprint density at radius 3 is 3.08 bits per heavy atom. The summed E-state index contributed by atoms with van der Waals surface area (Å²) < 4.78 is 1.13. The van der Waals surface area contributed by atoms with Crippen molar-refractivity contribution in [2.75, 3.05) is 6.54 Å². The molecule has 12 heavy (non-hydrogen) atoms. The average molecular weight is 245 g/mol. The van der Waals surface area contributed by atoms with Crippen LogP contribution in [-0.2, 0) is 6.54 Å². The van der Waals surface area contributed by atoms with E-state index in [2.05, 4.69) is 38.8 Å². The van der Waals surface area contributed by atoms with Gasteiger partial charge >= 0.3 is 0 Å². The normalized spacial score (nSPS) is 9.67. The fourth-order valence-corrected chi connectivity index (χ4v) is 2.22. The Balaban J connectivity index is 2.21. The third-order valence-electron chi connectivity index (χ3n) is 1.33. The van der Waals surface area contributed by atoms with Crippen LogP contribution in [0.2, 0.25) is 0 Å². The molecule has 0 aliphatic carbocycles. The highest BCUT2D eigenvalue weighted by molar-refractivity contribution is 9.10. The van der Waals surface area contributed by atoms with Gasteiger partial charge in [0.1, 0.15) is 0 Å². The van der Waals surface area contributed by atoms with Crippen LogP contribution in [0.15, 0.2) is 15.9 Å². The topological polar surface area (TPSA) is 35.8 Å². The zero-order valence-corrected chi connectivity index (χ0v) is 8.91. The van der Waals surface area contributed by atoms with Gasteiger partial charge in [0.05, 0.1) is 6.07 Å². The molecule has 4 heteroatoms. The molecule has 0 atom stereocenters. The maximum absolute atomic E-state index is 8.27. The van der Waals surface area contributed by atoms with Gasteiger partial charge in [-0.25, -0.2) is 0 Å². The van der Waals surface area contributed by atoms with Gasteiger partial charge in [-0.15, -0.1) is 11.3 Å². The molecule has 1 heterocycles. The molecule has 0 fully saturated rings. The lowest BCUT2D eigenvalue weighted by Gasteiger charge is -1.97. The summed E-state index contributed by atoms with van der Waals surface area (Å²) in [4.78, 5) is 1.29. The van der Waals surface area contributed by atoms with Gasteiger partial charge in [0.25, 0.3) is 0 Å². The highest BCUT2D eigenvalue weighted by atomic mass is 79.9. The summed E-state index contributed by atoms with van der Waals surface area (Å²) in [5.41, 5.74) is 0. The number of nitrogens with zero attached hydrogens (tertiary/aromatic N) is 1. The zero-order chi connectivity index (χ0) is 8.81. The molecule has 0 saturated heterocycles. The molecule has 0 radical (unpaired) electrons. The Bertz CT molecular complexity index is 277. The third kappa shape index (κ3) is 3.35. The first-order valence-electron chi connectivity index (χ1n) is 3.63. The van der Waals surface area contributed by atoms with Crippen molar-refractivity contribution in [1.82, 2.24) is 5.32 Å². The van der Waals surface area contributed by atoms with Gasteiger partial charge in [0.15, 0.2) is 0 Å². The third-order valence-corrected chi connectivity index (χ3v) is 3.03. The van der Waals surface area contributed by atoms with Crippen LogP contribution >= 0.6 is 27.3 Å². The molecule has 0 aromatic carbocycles. The van der Waals surface area contributed by atoms with Crippen molar-refractivity contribution < 1.29 is 0 Å². The van der Waals surface area contributed by atoms with E-state index in [0.29, 0.717) is 6.42 Å². The van der Waals surface area contributed by atoms with E-state index in [0.717, 1.165) is 17.6 Å². The summed E-state index contributed by atoms with van der Waals surface area (Å²) in [6, 6.07) is 4.18. The highest BCUT2D eigenvalue weighted by Crippen LogP contribution is 2.19. The second-order valence-electron chi connectivity index (χ2n) is 2.32. The summed E-state index contributed by atoms with van der Waals surface area (Å²) in [7, 11) is 0. The van der Waals surface area contributed by atoms with Crippen molar-refractivity contribution >= 4 is 27.3 Å². The van der Waals surface area contributed by atoms with Gasteiger partial charge in [-0.3, -0.25) is 0 Å². The number of rotatable bonds is 4. The summed E-state index contributed by atoms with van der Waals surface area (Å²) in [5, 5.41) is 13.5. The van der Waals surface area contributed by atoms with Gasteiger partial charge in [-0.05, 0) is 22.0 Å². The molecule has 0 amide bonds. The molecule has 0 unspecified atom stereocenters.